The van der Waals surface area contributed by atoms with Crippen molar-refractivity contribution >= 4 is 0 Å². The Morgan fingerprint density at radius 3 is 1.17 bits per heavy atom. The van der Waals surface area contributed by atoms with E-state index in [1.807, 2.05) is 27.7 Å². The second-order valence-corrected chi connectivity index (χ2v) is 7.59. The van der Waals surface area contributed by atoms with E-state index in [1.54, 1.807) is 6.92 Å². The van der Waals surface area contributed by atoms with Gasteiger partial charge in [-0.05, 0) is 55.3 Å². The molecule has 1 heteroatoms. The fourth-order valence-corrected chi connectivity index (χ4v) is 3.48. The Balaban J connectivity index is -0.000000496. The Bertz CT molecular complexity index is 215. The van der Waals surface area contributed by atoms with Gasteiger partial charge in [-0.25, -0.2) is 0 Å². The fourth-order valence-electron chi connectivity index (χ4n) is 3.48. The van der Waals surface area contributed by atoms with Crippen LogP contribution in [0.1, 0.15) is 115 Å². The summed E-state index contributed by atoms with van der Waals surface area (Å²) in [4.78, 5) is 0. The maximum Gasteiger partial charge on any atom is 0.0402 e. The van der Waals surface area contributed by atoms with Crippen LogP contribution < -0.4 is 0 Å². The highest BCUT2D eigenvalue weighted by Crippen LogP contribution is 2.47. The zero-order valence-electron chi connectivity index (χ0n) is 18.6. The van der Waals surface area contributed by atoms with Crippen molar-refractivity contribution in [3.8, 4) is 0 Å². The second kappa shape index (κ2) is 15.5. The number of aliphatic hydroxyl groups excluding tert-OH is 1. The summed E-state index contributed by atoms with van der Waals surface area (Å²) in [6.45, 7) is 24.4. The van der Waals surface area contributed by atoms with Crippen molar-refractivity contribution in [1.82, 2.24) is 0 Å². The summed E-state index contributed by atoms with van der Waals surface area (Å²) in [5, 5.41) is 7.57. The summed E-state index contributed by atoms with van der Waals surface area (Å²) in [7, 11) is 0. The van der Waals surface area contributed by atoms with Gasteiger partial charge in [0, 0.05) is 6.61 Å². The van der Waals surface area contributed by atoms with E-state index in [1.165, 1.54) is 38.5 Å². The van der Waals surface area contributed by atoms with Gasteiger partial charge in [-0.1, -0.05) is 82.1 Å². The average Bonchev–Trinajstić information content (AvgIpc) is 2.58. The van der Waals surface area contributed by atoms with Gasteiger partial charge < -0.3 is 5.11 Å². The molecule has 0 aromatic carbocycles. The molecule has 0 atom stereocenters. The Kier molecular flexibility index (Phi) is 18.7. The van der Waals surface area contributed by atoms with Gasteiger partial charge in [0.2, 0.25) is 0 Å². The van der Waals surface area contributed by atoms with Crippen molar-refractivity contribution in [1.29, 1.82) is 0 Å². The normalized spacial score (nSPS) is 20.9. The molecule has 1 nitrogen and oxygen atoms in total. The van der Waals surface area contributed by atoms with E-state index in [9.17, 15) is 0 Å². The molecule has 1 fully saturated rings. The summed E-state index contributed by atoms with van der Waals surface area (Å²) >= 11 is 0. The Morgan fingerprint density at radius 1 is 0.696 bits per heavy atom. The van der Waals surface area contributed by atoms with Gasteiger partial charge in [0.15, 0.2) is 0 Å². The van der Waals surface area contributed by atoms with Crippen LogP contribution in [-0.4, -0.2) is 11.7 Å². The van der Waals surface area contributed by atoms with Gasteiger partial charge in [-0.2, -0.15) is 0 Å². The van der Waals surface area contributed by atoms with Crippen molar-refractivity contribution < 1.29 is 5.11 Å². The molecule has 1 rings (SSSR count). The Morgan fingerprint density at radius 2 is 0.957 bits per heavy atom. The highest BCUT2D eigenvalue weighted by molar-refractivity contribution is 4.87. The van der Waals surface area contributed by atoms with Crippen LogP contribution in [0, 0.1) is 22.7 Å². The van der Waals surface area contributed by atoms with Gasteiger partial charge in [0.1, 0.15) is 0 Å². The van der Waals surface area contributed by atoms with Gasteiger partial charge >= 0.3 is 0 Å². The van der Waals surface area contributed by atoms with E-state index >= 15 is 0 Å². The lowest BCUT2D eigenvalue weighted by Gasteiger charge is -2.44. The van der Waals surface area contributed by atoms with Gasteiger partial charge in [-0.15, -0.1) is 0 Å². The highest BCUT2D eigenvalue weighted by atomic mass is 16.2. The van der Waals surface area contributed by atoms with E-state index in [4.69, 9.17) is 5.11 Å². The third-order valence-corrected chi connectivity index (χ3v) is 5.55. The lowest BCUT2D eigenvalue weighted by Crippen LogP contribution is -2.33. The molecule has 0 radical (unpaired) electrons. The van der Waals surface area contributed by atoms with E-state index in [0.29, 0.717) is 10.8 Å². The summed E-state index contributed by atoms with van der Waals surface area (Å²) < 4.78 is 0. The standard InChI is InChI=1S/C16H32.C2H6O.2C2H6/c1-7-16(6,8-2)14-11-9-13(10-12-14)15(3,4)5;1-2-3;2*1-2/h13-14H,7-12H2,1-6H3;3H,2H2,1H3;2*1-2H3. The maximum absolute atomic E-state index is 7.57. The predicted molar refractivity (Wildman–Crippen MR) is 109 cm³/mol. The minimum absolute atomic E-state index is 0.250. The summed E-state index contributed by atoms with van der Waals surface area (Å²) in [6.07, 6.45) is 8.58. The van der Waals surface area contributed by atoms with E-state index in [0.717, 1.165) is 11.8 Å². The van der Waals surface area contributed by atoms with Crippen molar-refractivity contribution in [2.45, 2.75) is 115 Å². The predicted octanol–water partition coefficient (Wildman–Crippen LogP) is 7.72. The van der Waals surface area contributed by atoms with E-state index in [2.05, 4.69) is 41.5 Å². The third kappa shape index (κ3) is 11.2. The SMILES string of the molecule is CC.CC.CCC(C)(CC)C1CCC(C(C)(C)C)CC1.CCO. The van der Waals surface area contributed by atoms with E-state index < -0.39 is 0 Å². The molecule has 144 valence electrons. The number of aliphatic hydroxyl groups is 1. The van der Waals surface area contributed by atoms with Crippen LogP contribution in [0.2, 0.25) is 0 Å². The summed E-state index contributed by atoms with van der Waals surface area (Å²) in [5.41, 5.74) is 1.14. The van der Waals surface area contributed by atoms with E-state index in [-0.39, 0.29) is 6.61 Å². The maximum atomic E-state index is 7.57. The molecule has 1 aliphatic carbocycles. The first-order chi connectivity index (χ1) is 10.7. The molecule has 0 bridgehead atoms. The molecule has 23 heavy (non-hydrogen) atoms. The molecular formula is C22H50O. The van der Waals surface area contributed by atoms with Crippen LogP contribution in [0.15, 0.2) is 0 Å². The van der Waals surface area contributed by atoms with Crippen LogP contribution in [-0.2, 0) is 0 Å². The van der Waals surface area contributed by atoms with Crippen molar-refractivity contribution in [2.24, 2.45) is 22.7 Å². The number of hydrogen-bond donors (Lipinski definition) is 1. The topological polar surface area (TPSA) is 20.2 Å². The largest absolute Gasteiger partial charge is 0.397 e. The molecule has 1 N–H and O–H groups in total. The first-order valence-electron chi connectivity index (χ1n) is 10.4. The molecule has 0 aromatic rings. The summed E-state index contributed by atoms with van der Waals surface area (Å²) in [6, 6.07) is 0. The lowest BCUT2D eigenvalue weighted by atomic mass is 9.62. The van der Waals surface area contributed by atoms with Crippen LogP contribution in [0.5, 0.6) is 0 Å². The molecule has 0 saturated heterocycles. The van der Waals surface area contributed by atoms with Gasteiger partial charge in [0.25, 0.3) is 0 Å². The first-order valence-corrected chi connectivity index (χ1v) is 10.4. The molecule has 1 aliphatic rings. The van der Waals surface area contributed by atoms with Crippen LogP contribution >= 0.6 is 0 Å². The average molecular weight is 331 g/mol. The zero-order chi connectivity index (χ0) is 19.1. The second-order valence-electron chi connectivity index (χ2n) is 7.59. The van der Waals surface area contributed by atoms with Crippen molar-refractivity contribution in [3.05, 3.63) is 0 Å². The Hall–Kier alpha value is -0.0400. The van der Waals surface area contributed by atoms with Crippen LogP contribution in [0.4, 0.5) is 0 Å². The first kappa shape index (κ1) is 27.8. The quantitative estimate of drug-likeness (QED) is 0.561. The molecule has 0 aliphatic heterocycles. The highest BCUT2D eigenvalue weighted by Gasteiger charge is 2.36. The number of hydrogen-bond acceptors (Lipinski definition) is 1. The molecule has 0 spiro atoms. The molecule has 1 saturated carbocycles. The molecular weight excluding hydrogens is 280 g/mol. The lowest BCUT2D eigenvalue weighted by molar-refractivity contribution is 0.0709. The van der Waals surface area contributed by atoms with Crippen molar-refractivity contribution in [3.63, 3.8) is 0 Å². The van der Waals surface area contributed by atoms with Crippen molar-refractivity contribution in [2.75, 3.05) is 6.61 Å². The molecule has 0 heterocycles. The zero-order valence-corrected chi connectivity index (χ0v) is 18.6. The minimum Gasteiger partial charge on any atom is -0.397 e. The fraction of sp³-hybridized carbons (Fsp3) is 1.00. The van der Waals surface area contributed by atoms with Gasteiger partial charge in [-0.3, -0.25) is 0 Å². The van der Waals surface area contributed by atoms with Crippen LogP contribution in [0.3, 0.4) is 0 Å². The molecule has 0 aromatic heterocycles. The van der Waals surface area contributed by atoms with Gasteiger partial charge in [0.05, 0.1) is 0 Å². The third-order valence-electron chi connectivity index (χ3n) is 5.55. The van der Waals surface area contributed by atoms with Crippen LogP contribution in [0.25, 0.3) is 0 Å². The smallest absolute Gasteiger partial charge is 0.0402 e. The summed E-state index contributed by atoms with van der Waals surface area (Å²) in [5.74, 6) is 1.95. The molecule has 0 amide bonds. The monoisotopic (exact) mass is 330 g/mol. The Labute approximate surface area is 149 Å². The number of rotatable bonds is 3. The molecule has 0 unspecified atom stereocenters. The minimum atomic E-state index is 0.250.